The quantitative estimate of drug-likeness (QED) is 0.759. The van der Waals surface area contributed by atoms with Gasteiger partial charge >= 0.3 is 12.0 Å². The molecule has 0 unspecified atom stereocenters. The lowest BCUT2D eigenvalue weighted by Gasteiger charge is -2.22. The summed E-state index contributed by atoms with van der Waals surface area (Å²) in [6.45, 7) is -0.102. The van der Waals surface area contributed by atoms with Gasteiger partial charge in [-0.05, 0) is 28.1 Å². The highest BCUT2D eigenvalue weighted by atomic mass is 79.9. The predicted octanol–water partition coefficient (Wildman–Crippen LogP) is 1.64. The summed E-state index contributed by atoms with van der Waals surface area (Å²) in [5, 5.41) is 20.8. The first-order chi connectivity index (χ1) is 9.40. The van der Waals surface area contributed by atoms with Crippen LogP contribution < -0.4 is 5.32 Å². The Morgan fingerprint density at radius 3 is 2.75 bits per heavy atom. The molecule has 108 valence electrons. The van der Waals surface area contributed by atoms with Gasteiger partial charge in [-0.25, -0.2) is 14.0 Å². The maximum absolute atomic E-state index is 13.6. The molecule has 1 aliphatic heterocycles. The summed E-state index contributed by atoms with van der Waals surface area (Å²) in [6, 6.07) is 2.31. The number of likely N-dealkylation sites (tertiary alicyclic amines) is 1. The molecule has 8 heteroatoms. The Balaban J connectivity index is 2.18. The van der Waals surface area contributed by atoms with Crippen LogP contribution in [0.1, 0.15) is 6.42 Å². The van der Waals surface area contributed by atoms with E-state index in [-0.39, 0.29) is 18.7 Å². The van der Waals surface area contributed by atoms with E-state index in [0.717, 1.165) is 4.90 Å². The number of benzene rings is 1. The fraction of sp³-hybridized carbons (Fsp3) is 0.333. The fourth-order valence-corrected chi connectivity index (χ4v) is 2.51. The number of rotatable bonds is 2. The van der Waals surface area contributed by atoms with Gasteiger partial charge in [0.15, 0.2) is 0 Å². The van der Waals surface area contributed by atoms with Gasteiger partial charge in [0.1, 0.15) is 11.9 Å². The Labute approximate surface area is 122 Å². The minimum Gasteiger partial charge on any atom is -0.480 e. The lowest BCUT2D eigenvalue weighted by Crippen LogP contribution is -2.43. The van der Waals surface area contributed by atoms with Crippen molar-refractivity contribution >= 4 is 33.6 Å². The third-order valence-electron chi connectivity index (χ3n) is 3.02. The topological polar surface area (TPSA) is 89.9 Å². The van der Waals surface area contributed by atoms with Gasteiger partial charge < -0.3 is 20.4 Å². The lowest BCUT2D eigenvalue weighted by molar-refractivity contribution is -0.141. The van der Waals surface area contributed by atoms with Crippen molar-refractivity contribution in [1.29, 1.82) is 0 Å². The van der Waals surface area contributed by atoms with E-state index in [9.17, 15) is 19.1 Å². The molecule has 0 aromatic heterocycles. The summed E-state index contributed by atoms with van der Waals surface area (Å²) in [5.74, 6) is -1.84. The van der Waals surface area contributed by atoms with Crippen LogP contribution in [0.25, 0.3) is 0 Å². The normalized spacial score (nSPS) is 21.9. The van der Waals surface area contributed by atoms with E-state index in [1.165, 1.54) is 12.1 Å². The largest absolute Gasteiger partial charge is 0.480 e. The molecule has 1 saturated heterocycles. The molecule has 0 spiro atoms. The zero-order chi connectivity index (χ0) is 14.9. The number of aliphatic hydroxyl groups excluding tert-OH is 1. The van der Waals surface area contributed by atoms with Crippen LogP contribution in [0.15, 0.2) is 22.7 Å². The molecule has 0 radical (unpaired) electrons. The number of nitrogens with one attached hydrogen (secondary N) is 1. The van der Waals surface area contributed by atoms with Crippen molar-refractivity contribution in [3.8, 4) is 0 Å². The van der Waals surface area contributed by atoms with Crippen LogP contribution >= 0.6 is 15.9 Å². The first-order valence-electron chi connectivity index (χ1n) is 5.82. The molecule has 20 heavy (non-hydrogen) atoms. The highest BCUT2D eigenvalue weighted by Gasteiger charge is 2.39. The molecule has 1 heterocycles. The number of carboxylic acid groups (broad SMARTS) is 1. The van der Waals surface area contributed by atoms with Gasteiger partial charge in [0.25, 0.3) is 0 Å². The predicted molar refractivity (Wildman–Crippen MR) is 71.9 cm³/mol. The van der Waals surface area contributed by atoms with Crippen molar-refractivity contribution in [2.45, 2.75) is 18.6 Å². The number of amides is 2. The molecular weight excluding hydrogens is 335 g/mol. The fourth-order valence-electron chi connectivity index (χ4n) is 2.07. The van der Waals surface area contributed by atoms with Crippen molar-refractivity contribution in [2.75, 3.05) is 11.9 Å². The number of hydrogen-bond donors (Lipinski definition) is 3. The summed E-state index contributed by atoms with van der Waals surface area (Å²) in [4.78, 5) is 24.0. The number of para-hydroxylation sites is 1. The Bertz CT molecular complexity index is 534. The Morgan fingerprint density at radius 1 is 1.45 bits per heavy atom. The van der Waals surface area contributed by atoms with E-state index >= 15 is 0 Å². The number of urea groups is 1. The molecule has 6 nitrogen and oxygen atoms in total. The van der Waals surface area contributed by atoms with Crippen molar-refractivity contribution < 1.29 is 24.2 Å². The molecule has 2 rings (SSSR count). The van der Waals surface area contributed by atoms with Gasteiger partial charge in [0.05, 0.1) is 11.8 Å². The van der Waals surface area contributed by atoms with Crippen molar-refractivity contribution in [2.24, 2.45) is 0 Å². The van der Waals surface area contributed by atoms with E-state index in [1.54, 1.807) is 6.07 Å². The SMILES string of the molecule is O=C(O)[C@@H]1C[C@@H](O)CN1C(=O)Nc1c(F)cccc1Br. The monoisotopic (exact) mass is 346 g/mol. The van der Waals surface area contributed by atoms with E-state index in [0.29, 0.717) is 4.47 Å². The Morgan fingerprint density at radius 2 is 2.15 bits per heavy atom. The van der Waals surface area contributed by atoms with Crippen molar-refractivity contribution in [1.82, 2.24) is 4.90 Å². The smallest absolute Gasteiger partial charge is 0.326 e. The lowest BCUT2D eigenvalue weighted by atomic mass is 10.2. The van der Waals surface area contributed by atoms with E-state index < -0.39 is 30.0 Å². The number of carboxylic acids is 1. The molecular formula is C12H12BrFN2O4. The molecule has 2 amide bonds. The van der Waals surface area contributed by atoms with Gasteiger partial charge in [-0.1, -0.05) is 6.07 Å². The van der Waals surface area contributed by atoms with E-state index in [4.69, 9.17) is 5.11 Å². The Hall–Kier alpha value is -1.67. The highest BCUT2D eigenvalue weighted by Crippen LogP contribution is 2.27. The van der Waals surface area contributed by atoms with Crippen molar-refractivity contribution in [3.63, 3.8) is 0 Å². The van der Waals surface area contributed by atoms with Crippen molar-refractivity contribution in [3.05, 3.63) is 28.5 Å². The molecule has 0 saturated carbocycles. The molecule has 0 bridgehead atoms. The van der Waals surface area contributed by atoms with Crippen LogP contribution in [0.3, 0.4) is 0 Å². The standard InChI is InChI=1S/C12H12BrFN2O4/c13-7-2-1-3-8(14)10(7)15-12(20)16-5-6(17)4-9(16)11(18)19/h1-3,6,9,17H,4-5H2,(H,15,20)(H,18,19)/t6-,9+/m1/s1. The van der Waals surface area contributed by atoms with Gasteiger partial charge in [0.2, 0.25) is 0 Å². The maximum atomic E-state index is 13.6. The van der Waals surface area contributed by atoms with Gasteiger partial charge in [-0.15, -0.1) is 0 Å². The second-order valence-corrected chi connectivity index (χ2v) is 5.28. The number of aliphatic hydroxyl groups is 1. The zero-order valence-corrected chi connectivity index (χ0v) is 11.8. The highest BCUT2D eigenvalue weighted by molar-refractivity contribution is 9.10. The number of anilines is 1. The average Bonchev–Trinajstić information content (AvgIpc) is 2.76. The Kier molecular flexibility index (Phi) is 4.24. The van der Waals surface area contributed by atoms with Crippen LogP contribution in [0.2, 0.25) is 0 Å². The number of nitrogens with zero attached hydrogens (tertiary/aromatic N) is 1. The third-order valence-corrected chi connectivity index (χ3v) is 3.68. The van der Waals surface area contributed by atoms with Crippen LogP contribution in [0.5, 0.6) is 0 Å². The van der Waals surface area contributed by atoms with Gasteiger partial charge in [-0.3, -0.25) is 0 Å². The summed E-state index contributed by atoms with van der Waals surface area (Å²) in [7, 11) is 0. The molecule has 1 aromatic carbocycles. The number of carbonyl (C=O) groups excluding carboxylic acids is 1. The van der Waals surface area contributed by atoms with Crippen LogP contribution in [-0.4, -0.2) is 45.8 Å². The summed E-state index contributed by atoms with van der Waals surface area (Å²) in [6.07, 6.45) is -0.938. The second-order valence-electron chi connectivity index (χ2n) is 4.42. The van der Waals surface area contributed by atoms with Crippen LogP contribution in [-0.2, 0) is 4.79 Å². The molecule has 1 aromatic rings. The number of aliphatic carboxylic acids is 1. The molecule has 3 N–H and O–H groups in total. The first-order valence-corrected chi connectivity index (χ1v) is 6.62. The number of halogens is 2. The van der Waals surface area contributed by atoms with Crippen LogP contribution in [0.4, 0.5) is 14.9 Å². The third kappa shape index (κ3) is 2.91. The number of hydrogen-bond acceptors (Lipinski definition) is 3. The second kappa shape index (κ2) is 5.76. The summed E-state index contributed by atoms with van der Waals surface area (Å²) in [5.41, 5.74) is -0.0666. The van der Waals surface area contributed by atoms with Gasteiger partial charge in [-0.2, -0.15) is 0 Å². The number of β-amino-alcohol motifs (C(OH)–C–C–N with tert-alkyl or cyclic N) is 1. The summed E-state index contributed by atoms with van der Waals surface area (Å²) >= 11 is 3.10. The average molecular weight is 347 g/mol. The minimum absolute atomic E-state index is 0.0405. The van der Waals surface area contributed by atoms with E-state index in [2.05, 4.69) is 21.2 Å². The molecule has 1 fully saturated rings. The first kappa shape index (κ1) is 14.7. The molecule has 1 aliphatic rings. The minimum atomic E-state index is -1.20. The van der Waals surface area contributed by atoms with Crippen LogP contribution in [0, 0.1) is 5.82 Å². The number of carbonyl (C=O) groups is 2. The summed E-state index contributed by atoms with van der Waals surface area (Å²) < 4.78 is 13.9. The zero-order valence-electron chi connectivity index (χ0n) is 10.2. The maximum Gasteiger partial charge on any atom is 0.326 e. The molecule has 0 aliphatic carbocycles. The van der Waals surface area contributed by atoms with E-state index in [1.807, 2.05) is 0 Å². The molecule has 2 atom stereocenters. The van der Waals surface area contributed by atoms with Gasteiger partial charge in [0, 0.05) is 17.4 Å².